The first-order chi connectivity index (χ1) is 9.43. The standard InChI is InChI=1S/C18H28O2/c1-6-12(3)18(19)20-16-10-11(2)9-15-8-7-13(4)14(5)17(15)16/h7-9,11-14,16-17H,6,10H2,1-5H3. The molecule has 0 N–H and O–H groups in total. The minimum absolute atomic E-state index is 0.00604. The molecule has 0 aromatic rings. The van der Waals surface area contributed by atoms with Crippen LogP contribution in [0.2, 0.25) is 0 Å². The van der Waals surface area contributed by atoms with Crippen molar-refractivity contribution in [2.75, 3.05) is 0 Å². The molecule has 0 fully saturated rings. The molecule has 6 unspecified atom stereocenters. The molecule has 0 saturated carbocycles. The normalized spacial score (nSPS) is 37.9. The zero-order valence-electron chi connectivity index (χ0n) is 13.4. The van der Waals surface area contributed by atoms with E-state index in [1.54, 1.807) is 0 Å². The third kappa shape index (κ3) is 2.99. The van der Waals surface area contributed by atoms with Gasteiger partial charge >= 0.3 is 5.97 Å². The van der Waals surface area contributed by atoms with E-state index in [1.165, 1.54) is 5.57 Å². The molecule has 0 radical (unpaired) electrons. The summed E-state index contributed by atoms with van der Waals surface area (Å²) in [5.41, 5.74) is 1.37. The number of hydrogen-bond acceptors (Lipinski definition) is 2. The van der Waals surface area contributed by atoms with Crippen LogP contribution in [-0.4, -0.2) is 12.1 Å². The Morgan fingerprint density at radius 2 is 2.10 bits per heavy atom. The lowest BCUT2D eigenvalue weighted by Gasteiger charge is -2.41. The van der Waals surface area contributed by atoms with Crippen LogP contribution in [0.4, 0.5) is 0 Å². The molecule has 0 spiro atoms. The van der Waals surface area contributed by atoms with Crippen molar-refractivity contribution in [2.24, 2.45) is 29.6 Å². The van der Waals surface area contributed by atoms with E-state index in [0.717, 1.165) is 12.8 Å². The molecule has 2 heteroatoms. The van der Waals surface area contributed by atoms with E-state index in [0.29, 0.717) is 23.7 Å². The van der Waals surface area contributed by atoms with Crippen LogP contribution in [0, 0.1) is 29.6 Å². The first-order valence-corrected chi connectivity index (χ1v) is 8.04. The first-order valence-electron chi connectivity index (χ1n) is 8.04. The van der Waals surface area contributed by atoms with E-state index in [-0.39, 0.29) is 18.0 Å². The molecule has 0 aromatic heterocycles. The number of carbonyl (C=O) groups is 1. The SMILES string of the molecule is CCC(C)C(=O)OC1CC(C)C=C2C=CC(C)C(C)C21. The van der Waals surface area contributed by atoms with Crippen LogP contribution < -0.4 is 0 Å². The van der Waals surface area contributed by atoms with Crippen molar-refractivity contribution < 1.29 is 9.53 Å². The topological polar surface area (TPSA) is 26.3 Å². The Morgan fingerprint density at radius 3 is 2.75 bits per heavy atom. The van der Waals surface area contributed by atoms with Crippen LogP contribution in [0.25, 0.3) is 0 Å². The lowest BCUT2D eigenvalue weighted by Crippen LogP contribution is -2.40. The van der Waals surface area contributed by atoms with E-state index < -0.39 is 0 Å². The second-order valence-electron chi connectivity index (χ2n) is 6.77. The maximum Gasteiger partial charge on any atom is 0.308 e. The van der Waals surface area contributed by atoms with Crippen molar-refractivity contribution >= 4 is 5.97 Å². The van der Waals surface area contributed by atoms with Gasteiger partial charge in [0.15, 0.2) is 0 Å². The highest BCUT2D eigenvalue weighted by Gasteiger charge is 2.39. The predicted molar refractivity (Wildman–Crippen MR) is 82.2 cm³/mol. The van der Waals surface area contributed by atoms with Crippen LogP contribution in [0.3, 0.4) is 0 Å². The summed E-state index contributed by atoms with van der Waals surface area (Å²) in [6.07, 6.45) is 8.75. The summed E-state index contributed by atoms with van der Waals surface area (Å²) in [6, 6.07) is 0. The monoisotopic (exact) mass is 276 g/mol. The molecule has 2 rings (SSSR count). The molecule has 0 amide bonds. The van der Waals surface area contributed by atoms with Crippen molar-refractivity contribution in [1.82, 2.24) is 0 Å². The fraction of sp³-hybridized carbons (Fsp3) is 0.722. The molecular formula is C18H28O2. The van der Waals surface area contributed by atoms with E-state index in [1.807, 2.05) is 13.8 Å². The largest absolute Gasteiger partial charge is 0.461 e. The van der Waals surface area contributed by atoms with Crippen molar-refractivity contribution in [3.05, 3.63) is 23.8 Å². The third-order valence-electron chi connectivity index (χ3n) is 5.14. The molecule has 112 valence electrons. The molecule has 0 aromatic carbocycles. The van der Waals surface area contributed by atoms with E-state index in [9.17, 15) is 4.79 Å². The summed E-state index contributed by atoms with van der Waals surface area (Å²) in [4.78, 5) is 12.2. The number of esters is 1. The Hall–Kier alpha value is -1.05. The molecule has 2 nitrogen and oxygen atoms in total. The van der Waals surface area contributed by atoms with Crippen LogP contribution in [-0.2, 0) is 9.53 Å². The summed E-state index contributed by atoms with van der Waals surface area (Å²) < 4.78 is 5.89. The third-order valence-corrected chi connectivity index (χ3v) is 5.14. The van der Waals surface area contributed by atoms with Gasteiger partial charge in [-0.05, 0) is 36.2 Å². The minimum Gasteiger partial charge on any atom is -0.461 e. The molecular weight excluding hydrogens is 248 g/mol. The van der Waals surface area contributed by atoms with Gasteiger partial charge in [0.05, 0.1) is 5.92 Å². The van der Waals surface area contributed by atoms with Gasteiger partial charge in [-0.1, -0.05) is 52.8 Å². The molecule has 2 aliphatic carbocycles. The van der Waals surface area contributed by atoms with Crippen LogP contribution in [0.1, 0.15) is 47.5 Å². The number of rotatable bonds is 3. The Bertz CT molecular complexity index is 421. The second kappa shape index (κ2) is 6.15. The van der Waals surface area contributed by atoms with Gasteiger partial charge in [0, 0.05) is 5.92 Å². The number of hydrogen-bond donors (Lipinski definition) is 0. The predicted octanol–water partition coefficient (Wildman–Crippen LogP) is 4.37. The first kappa shape index (κ1) is 15.3. The zero-order chi connectivity index (χ0) is 14.9. The maximum atomic E-state index is 12.2. The smallest absolute Gasteiger partial charge is 0.308 e. The zero-order valence-corrected chi connectivity index (χ0v) is 13.4. The van der Waals surface area contributed by atoms with E-state index in [4.69, 9.17) is 4.74 Å². The van der Waals surface area contributed by atoms with E-state index >= 15 is 0 Å². The molecule has 0 bridgehead atoms. The number of carbonyl (C=O) groups excluding carboxylic acids is 1. The van der Waals surface area contributed by atoms with Crippen LogP contribution in [0.15, 0.2) is 23.8 Å². The lowest BCUT2D eigenvalue weighted by molar-refractivity contribution is -0.158. The maximum absolute atomic E-state index is 12.2. The summed E-state index contributed by atoms with van der Waals surface area (Å²) in [5.74, 6) is 1.93. The van der Waals surface area contributed by atoms with Gasteiger partial charge in [0.25, 0.3) is 0 Å². The molecule has 6 atom stereocenters. The highest BCUT2D eigenvalue weighted by atomic mass is 16.5. The molecule has 20 heavy (non-hydrogen) atoms. The van der Waals surface area contributed by atoms with Crippen molar-refractivity contribution in [1.29, 1.82) is 0 Å². The van der Waals surface area contributed by atoms with E-state index in [2.05, 4.69) is 39.0 Å². The van der Waals surface area contributed by atoms with Gasteiger partial charge < -0.3 is 4.74 Å². The minimum atomic E-state index is -0.0274. The summed E-state index contributed by atoms with van der Waals surface area (Å²) in [5, 5.41) is 0. The molecule has 0 aliphatic heterocycles. The van der Waals surface area contributed by atoms with Gasteiger partial charge in [0.2, 0.25) is 0 Å². The van der Waals surface area contributed by atoms with Gasteiger partial charge in [-0.3, -0.25) is 4.79 Å². The number of ether oxygens (including phenoxy) is 1. The molecule has 0 heterocycles. The average molecular weight is 276 g/mol. The van der Waals surface area contributed by atoms with Gasteiger partial charge in [-0.25, -0.2) is 0 Å². The fourth-order valence-corrected chi connectivity index (χ4v) is 3.36. The summed E-state index contributed by atoms with van der Waals surface area (Å²) in [7, 11) is 0. The van der Waals surface area contributed by atoms with Crippen LogP contribution >= 0.6 is 0 Å². The number of fused-ring (bicyclic) bond motifs is 1. The van der Waals surface area contributed by atoms with Crippen molar-refractivity contribution in [3.8, 4) is 0 Å². The highest BCUT2D eigenvalue weighted by molar-refractivity contribution is 5.72. The Labute approximate surface area is 123 Å². The Balaban J connectivity index is 2.19. The Morgan fingerprint density at radius 1 is 1.40 bits per heavy atom. The lowest BCUT2D eigenvalue weighted by atomic mass is 9.67. The Kier molecular flexibility index (Phi) is 4.72. The van der Waals surface area contributed by atoms with Gasteiger partial charge in [0.1, 0.15) is 6.10 Å². The van der Waals surface area contributed by atoms with Crippen LogP contribution in [0.5, 0.6) is 0 Å². The fourth-order valence-electron chi connectivity index (χ4n) is 3.36. The van der Waals surface area contributed by atoms with Gasteiger partial charge in [-0.2, -0.15) is 0 Å². The summed E-state index contributed by atoms with van der Waals surface area (Å²) >= 11 is 0. The highest BCUT2D eigenvalue weighted by Crippen LogP contribution is 2.42. The average Bonchev–Trinajstić information content (AvgIpc) is 2.41. The summed E-state index contributed by atoms with van der Waals surface area (Å²) in [6.45, 7) is 10.7. The van der Waals surface area contributed by atoms with Gasteiger partial charge in [-0.15, -0.1) is 0 Å². The second-order valence-corrected chi connectivity index (χ2v) is 6.77. The number of allylic oxidation sites excluding steroid dienone is 3. The quantitative estimate of drug-likeness (QED) is 0.716. The molecule has 0 saturated heterocycles. The van der Waals surface area contributed by atoms with Crippen molar-refractivity contribution in [2.45, 2.75) is 53.6 Å². The molecule has 2 aliphatic rings. The van der Waals surface area contributed by atoms with Crippen molar-refractivity contribution in [3.63, 3.8) is 0 Å².